The number of hydrogen-bond acceptors (Lipinski definition) is 3. The third-order valence-corrected chi connectivity index (χ3v) is 1.02. The van der Waals surface area contributed by atoms with Crippen molar-refractivity contribution in [1.82, 2.24) is 5.32 Å². The van der Waals surface area contributed by atoms with Gasteiger partial charge in [0.25, 0.3) is 0 Å². The van der Waals surface area contributed by atoms with Crippen molar-refractivity contribution in [2.45, 2.75) is 13.3 Å². The second kappa shape index (κ2) is 6.71. The first-order valence-corrected chi connectivity index (χ1v) is 3.49. The number of carbonyl (C=O) groups excluding carboxylic acids is 1. The Kier molecular flexibility index (Phi) is 6.43. The van der Waals surface area contributed by atoms with E-state index in [1.807, 2.05) is 7.05 Å². The highest BCUT2D eigenvalue weighted by Crippen LogP contribution is 1.80. The number of ether oxygens (including phenoxy) is 1. The topological polar surface area (TPSA) is 38.3 Å². The molecule has 0 aliphatic heterocycles. The number of ketones is 1. The Hall–Kier alpha value is -0.410. The van der Waals surface area contributed by atoms with Gasteiger partial charge in [-0.15, -0.1) is 0 Å². The predicted octanol–water partition coefficient (Wildman–Crippen LogP) is 0.201. The maximum absolute atomic E-state index is 10.3. The summed E-state index contributed by atoms with van der Waals surface area (Å²) < 4.78 is 5.01. The molecule has 0 radical (unpaired) electrons. The molecule has 0 aromatic carbocycles. The molecule has 0 saturated heterocycles. The molecule has 0 aliphatic carbocycles. The van der Waals surface area contributed by atoms with E-state index < -0.39 is 0 Å². The first kappa shape index (κ1) is 9.59. The average Bonchev–Trinajstić information content (AvgIpc) is 1.87. The minimum absolute atomic E-state index is 0.0875. The lowest BCUT2D eigenvalue weighted by Gasteiger charge is -1.99. The van der Waals surface area contributed by atoms with Crippen molar-refractivity contribution in [3.8, 4) is 0 Å². The quantitative estimate of drug-likeness (QED) is 0.543. The highest BCUT2D eigenvalue weighted by molar-refractivity contribution is 5.76. The van der Waals surface area contributed by atoms with Crippen molar-refractivity contribution < 1.29 is 9.53 Å². The predicted molar refractivity (Wildman–Crippen MR) is 40.0 cm³/mol. The smallest absolute Gasteiger partial charge is 0.155 e. The number of Topliss-reactive ketones (excluding diaryl/α,β-unsaturated/α-hetero) is 1. The number of carbonyl (C=O) groups is 1. The first-order valence-electron chi connectivity index (χ1n) is 3.49. The van der Waals surface area contributed by atoms with E-state index in [0.29, 0.717) is 6.61 Å². The fourth-order valence-electron chi connectivity index (χ4n) is 0.567. The van der Waals surface area contributed by atoms with Crippen molar-refractivity contribution in [2.75, 3.05) is 26.8 Å². The molecular formula is C7H15NO2. The highest BCUT2D eigenvalue weighted by atomic mass is 16.5. The van der Waals surface area contributed by atoms with E-state index in [1.54, 1.807) is 0 Å². The number of nitrogens with one attached hydrogen (secondary N) is 1. The maximum Gasteiger partial charge on any atom is 0.155 e. The van der Waals surface area contributed by atoms with Crippen LogP contribution in [-0.2, 0) is 9.53 Å². The van der Waals surface area contributed by atoms with Crippen LogP contribution in [0.15, 0.2) is 0 Å². The molecule has 0 bridgehead atoms. The Morgan fingerprint density at radius 1 is 1.60 bits per heavy atom. The van der Waals surface area contributed by atoms with Gasteiger partial charge in [0.15, 0.2) is 5.78 Å². The van der Waals surface area contributed by atoms with E-state index in [1.165, 1.54) is 6.92 Å². The van der Waals surface area contributed by atoms with Crippen LogP contribution in [0.3, 0.4) is 0 Å². The van der Waals surface area contributed by atoms with E-state index in [4.69, 9.17) is 4.74 Å². The van der Waals surface area contributed by atoms with Gasteiger partial charge in [-0.05, 0) is 26.9 Å². The largest absolute Gasteiger partial charge is 0.374 e. The SMILES string of the molecule is CNCCCOCC(C)=O. The van der Waals surface area contributed by atoms with Crippen LogP contribution in [0.25, 0.3) is 0 Å². The lowest BCUT2D eigenvalue weighted by atomic mass is 10.4. The average molecular weight is 145 g/mol. The second-order valence-electron chi connectivity index (χ2n) is 2.21. The zero-order valence-electron chi connectivity index (χ0n) is 6.64. The fraction of sp³-hybridized carbons (Fsp3) is 0.857. The van der Waals surface area contributed by atoms with E-state index in [9.17, 15) is 4.79 Å². The summed E-state index contributed by atoms with van der Waals surface area (Å²) in [5, 5.41) is 2.99. The number of hydrogen-bond donors (Lipinski definition) is 1. The normalized spacial score (nSPS) is 9.80. The van der Waals surface area contributed by atoms with Gasteiger partial charge >= 0.3 is 0 Å². The summed E-state index contributed by atoms with van der Waals surface area (Å²) in [6, 6.07) is 0. The van der Waals surface area contributed by atoms with Gasteiger partial charge in [0, 0.05) is 6.61 Å². The van der Waals surface area contributed by atoms with Crippen LogP contribution in [-0.4, -0.2) is 32.6 Å². The molecule has 0 spiro atoms. The van der Waals surface area contributed by atoms with Crippen molar-refractivity contribution >= 4 is 5.78 Å². The Balaban J connectivity index is 2.84. The zero-order chi connectivity index (χ0) is 7.82. The van der Waals surface area contributed by atoms with Gasteiger partial charge in [0.1, 0.15) is 6.61 Å². The second-order valence-corrected chi connectivity index (χ2v) is 2.21. The zero-order valence-corrected chi connectivity index (χ0v) is 6.64. The minimum Gasteiger partial charge on any atom is -0.374 e. The van der Waals surface area contributed by atoms with Crippen LogP contribution in [0.2, 0.25) is 0 Å². The van der Waals surface area contributed by atoms with Crippen LogP contribution in [0.4, 0.5) is 0 Å². The van der Waals surface area contributed by atoms with E-state index in [2.05, 4.69) is 5.32 Å². The summed E-state index contributed by atoms with van der Waals surface area (Å²) in [7, 11) is 1.89. The van der Waals surface area contributed by atoms with Crippen LogP contribution >= 0.6 is 0 Å². The summed E-state index contributed by atoms with van der Waals surface area (Å²) >= 11 is 0. The molecule has 0 aliphatic rings. The van der Waals surface area contributed by atoms with E-state index in [-0.39, 0.29) is 12.4 Å². The Labute approximate surface area is 61.8 Å². The van der Waals surface area contributed by atoms with Crippen molar-refractivity contribution in [1.29, 1.82) is 0 Å². The molecule has 3 nitrogen and oxygen atoms in total. The maximum atomic E-state index is 10.3. The van der Waals surface area contributed by atoms with Crippen LogP contribution in [0, 0.1) is 0 Å². The Morgan fingerprint density at radius 3 is 2.80 bits per heavy atom. The molecule has 3 heteroatoms. The van der Waals surface area contributed by atoms with Crippen LogP contribution in [0.1, 0.15) is 13.3 Å². The van der Waals surface area contributed by atoms with E-state index >= 15 is 0 Å². The Morgan fingerprint density at radius 2 is 2.30 bits per heavy atom. The summed E-state index contributed by atoms with van der Waals surface area (Å²) in [4.78, 5) is 10.3. The van der Waals surface area contributed by atoms with Crippen LogP contribution in [0.5, 0.6) is 0 Å². The Bertz CT molecular complexity index is 93.6. The highest BCUT2D eigenvalue weighted by Gasteiger charge is 1.91. The van der Waals surface area contributed by atoms with Gasteiger partial charge in [-0.25, -0.2) is 0 Å². The first-order chi connectivity index (χ1) is 4.77. The fourth-order valence-corrected chi connectivity index (χ4v) is 0.567. The van der Waals surface area contributed by atoms with Crippen molar-refractivity contribution in [2.24, 2.45) is 0 Å². The summed E-state index contributed by atoms with van der Waals surface area (Å²) in [6.45, 7) is 3.39. The molecule has 0 rings (SSSR count). The molecule has 1 N–H and O–H groups in total. The molecule has 0 saturated carbocycles. The van der Waals surface area contributed by atoms with Gasteiger partial charge in [0.2, 0.25) is 0 Å². The number of rotatable bonds is 6. The lowest BCUT2D eigenvalue weighted by molar-refractivity contribution is -0.121. The lowest BCUT2D eigenvalue weighted by Crippen LogP contribution is -2.12. The molecular weight excluding hydrogens is 130 g/mol. The standard InChI is InChI=1S/C7H15NO2/c1-7(9)6-10-5-3-4-8-2/h8H,3-6H2,1-2H3. The monoisotopic (exact) mass is 145 g/mol. The molecule has 0 heterocycles. The molecule has 10 heavy (non-hydrogen) atoms. The molecule has 0 amide bonds. The summed E-state index contributed by atoms with van der Waals surface area (Å²) in [5.74, 6) is 0.0875. The molecule has 0 unspecified atom stereocenters. The molecule has 0 aromatic rings. The summed E-state index contributed by atoms with van der Waals surface area (Å²) in [6.07, 6.45) is 0.962. The summed E-state index contributed by atoms with van der Waals surface area (Å²) in [5.41, 5.74) is 0. The van der Waals surface area contributed by atoms with Crippen molar-refractivity contribution in [3.63, 3.8) is 0 Å². The van der Waals surface area contributed by atoms with Gasteiger partial charge in [-0.1, -0.05) is 0 Å². The van der Waals surface area contributed by atoms with Gasteiger partial charge in [-0.3, -0.25) is 4.79 Å². The van der Waals surface area contributed by atoms with E-state index in [0.717, 1.165) is 13.0 Å². The van der Waals surface area contributed by atoms with Crippen LogP contribution < -0.4 is 5.32 Å². The molecule has 0 atom stereocenters. The molecule has 0 aromatic heterocycles. The molecule has 0 fully saturated rings. The van der Waals surface area contributed by atoms with Gasteiger partial charge in [-0.2, -0.15) is 0 Å². The third kappa shape index (κ3) is 7.59. The van der Waals surface area contributed by atoms with Crippen molar-refractivity contribution in [3.05, 3.63) is 0 Å². The van der Waals surface area contributed by atoms with Gasteiger partial charge < -0.3 is 10.1 Å². The molecule has 60 valence electrons. The van der Waals surface area contributed by atoms with Gasteiger partial charge in [0.05, 0.1) is 0 Å². The minimum atomic E-state index is 0.0875. The third-order valence-electron chi connectivity index (χ3n) is 1.02.